The molecule has 0 spiro atoms. The molecule has 0 atom stereocenters. The highest BCUT2D eigenvalue weighted by Crippen LogP contribution is 2.28. The lowest BCUT2D eigenvalue weighted by Gasteiger charge is -2.15. The number of ether oxygens (including phenoxy) is 1. The highest BCUT2D eigenvalue weighted by atomic mass is 16.5. The number of methoxy groups -OCH3 is 1. The fourth-order valence-electron chi connectivity index (χ4n) is 3.60. The van der Waals surface area contributed by atoms with Gasteiger partial charge in [-0.05, 0) is 53.6 Å². The molecular formula is C30H28N2O. The van der Waals surface area contributed by atoms with Crippen LogP contribution >= 0.6 is 0 Å². The zero-order valence-electron chi connectivity index (χ0n) is 19.3. The van der Waals surface area contributed by atoms with E-state index in [1.165, 1.54) is 5.69 Å². The van der Waals surface area contributed by atoms with E-state index in [1.807, 2.05) is 48.5 Å². The summed E-state index contributed by atoms with van der Waals surface area (Å²) in [6.07, 6.45) is 2.21. The van der Waals surface area contributed by atoms with E-state index in [2.05, 4.69) is 85.7 Å². The van der Waals surface area contributed by atoms with Crippen LogP contribution in [0.2, 0.25) is 0 Å². The Morgan fingerprint density at radius 3 is 1.82 bits per heavy atom. The van der Waals surface area contributed by atoms with Crippen molar-refractivity contribution in [2.75, 3.05) is 26.1 Å². The van der Waals surface area contributed by atoms with Gasteiger partial charge in [-0.15, -0.1) is 0 Å². The Hall–Kier alpha value is -4.11. The summed E-state index contributed by atoms with van der Waals surface area (Å²) in [7, 11) is 5.77. The van der Waals surface area contributed by atoms with Gasteiger partial charge in [0.1, 0.15) is 5.75 Å². The number of anilines is 1. The standard InChI is InChI=1S/C30H28N2O/c1-32(2)27-18-14-23(15-19-27)22-29(24-10-6-4-7-11-24)30(25-12-8-5-9-13-25)31-26-16-20-28(33-3)21-17-26/h4-22H,1-3H3/b29-22+,31-30?. The topological polar surface area (TPSA) is 24.8 Å². The van der Waals surface area contributed by atoms with Gasteiger partial charge in [-0.25, -0.2) is 4.99 Å². The van der Waals surface area contributed by atoms with E-state index in [9.17, 15) is 0 Å². The summed E-state index contributed by atoms with van der Waals surface area (Å²) in [5, 5.41) is 0. The molecule has 0 unspecified atom stereocenters. The van der Waals surface area contributed by atoms with Gasteiger partial charge in [0.2, 0.25) is 0 Å². The third kappa shape index (κ3) is 5.58. The molecule has 3 heteroatoms. The molecule has 0 saturated heterocycles. The van der Waals surface area contributed by atoms with Crippen LogP contribution in [0, 0.1) is 0 Å². The van der Waals surface area contributed by atoms with E-state index in [1.54, 1.807) is 7.11 Å². The molecule has 0 heterocycles. The molecule has 4 aromatic carbocycles. The summed E-state index contributed by atoms with van der Waals surface area (Å²) in [5.41, 5.74) is 7.33. The smallest absolute Gasteiger partial charge is 0.119 e. The molecule has 0 amide bonds. The third-order valence-electron chi connectivity index (χ3n) is 5.42. The first kappa shape index (κ1) is 22.1. The van der Waals surface area contributed by atoms with Crippen molar-refractivity contribution < 1.29 is 4.74 Å². The summed E-state index contributed by atoms with van der Waals surface area (Å²) in [4.78, 5) is 7.21. The zero-order chi connectivity index (χ0) is 23.0. The maximum Gasteiger partial charge on any atom is 0.119 e. The van der Waals surface area contributed by atoms with E-state index < -0.39 is 0 Å². The Morgan fingerprint density at radius 2 is 1.27 bits per heavy atom. The summed E-state index contributed by atoms with van der Waals surface area (Å²) < 4.78 is 5.32. The fraction of sp³-hybridized carbons (Fsp3) is 0.100. The van der Waals surface area contributed by atoms with Gasteiger partial charge in [-0.3, -0.25) is 0 Å². The van der Waals surface area contributed by atoms with E-state index in [-0.39, 0.29) is 0 Å². The summed E-state index contributed by atoms with van der Waals surface area (Å²) in [6.45, 7) is 0. The normalized spacial score (nSPS) is 11.8. The molecule has 0 aliphatic carbocycles. The van der Waals surface area contributed by atoms with Crippen LogP contribution in [-0.2, 0) is 0 Å². The molecule has 0 N–H and O–H groups in total. The summed E-state index contributed by atoms with van der Waals surface area (Å²) in [6, 6.07) is 37.2. The quantitative estimate of drug-likeness (QED) is 0.229. The highest BCUT2D eigenvalue weighted by Gasteiger charge is 2.13. The van der Waals surface area contributed by atoms with Gasteiger partial charge in [0.05, 0.1) is 18.5 Å². The SMILES string of the molecule is COc1ccc(N=C(/C(=C/c2ccc(N(C)C)cc2)c2ccccc2)c2ccccc2)cc1. The van der Waals surface area contributed by atoms with Crippen molar-refractivity contribution >= 4 is 28.7 Å². The van der Waals surface area contributed by atoms with E-state index in [0.29, 0.717) is 0 Å². The van der Waals surface area contributed by atoms with Gasteiger partial charge >= 0.3 is 0 Å². The molecule has 4 aromatic rings. The van der Waals surface area contributed by atoms with Crippen LogP contribution < -0.4 is 9.64 Å². The van der Waals surface area contributed by atoms with Crippen molar-refractivity contribution in [2.24, 2.45) is 4.99 Å². The Morgan fingerprint density at radius 1 is 0.697 bits per heavy atom. The molecule has 0 aliphatic heterocycles. The van der Waals surface area contributed by atoms with Crippen molar-refractivity contribution in [2.45, 2.75) is 0 Å². The van der Waals surface area contributed by atoms with Crippen molar-refractivity contribution in [1.29, 1.82) is 0 Å². The number of benzene rings is 4. The van der Waals surface area contributed by atoms with Crippen molar-refractivity contribution in [3.05, 3.63) is 126 Å². The van der Waals surface area contributed by atoms with Gasteiger partial charge in [-0.1, -0.05) is 72.8 Å². The summed E-state index contributed by atoms with van der Waals surface area (Å²) in [5.74, 6) is 0.815. The second-order valence-electron chi connectivity index (χ2n) is 7.93. The zero-order valence-corrected chi connectivity index (χ0v) is 19.3. The van der Waals surface area contributed by atoms with E-state index in [4.69, 9.17) is 9.73 Å². The molecule has 0 aromatic heterocycles. The minimum atomic E-state index is 0.815. The minimum absolute atomic E-state index is 0.815. The maximum absolute atomic E-state index is 5.32. The van der Waals surface area contributed by atoms with Gasteiger partial charge in [0, 0.05) is 30.9 Å². The van der Waals surface area contributed by atoms with Crippen LogP contribution in [0.25, 0.3) is 11.6 Å². The molecule has 0 aliphatic rings. The van der Waals surface area contributed by atoms with E-state index in [0.717, 1.165) is 39.4 Å². The second-order valence-corrected chi connectivity index (χ2v) is 7.93. The number of nitrogens with zero attached hydrogens (tertiary/aromatic N) is 2. The van der Waals surface area contributed by atoms with Crippen LogP contribution in [-0.4, -0.2) is 26.9 Å². The van der Waals surface area contributed by atoms with E-state index >= 15 is 0 Å². The number of aliphatic imine (C=N–C) groups is 1. The Kier molecular flexibility index (Phi) is 7.01. The Labute approximate surface area is 196 Å². The van der Waals surface area contributed by atoms with Crippen LogP contribution in [0.5, 0.6) is 5.75 Å². The Bertz CT molecular complexity index is 1220. The Balaban J connectivity index is 1.88. The number of hydrogen-bond donors (Lipinski definition) is 0. The van der Waals surface area contributed by atoms with Crippen LogP contribution in [0.4, 0.5) is 11.4 Å². The molecular weight excluding hydrogens is 404 g/mol. The van der Waals surface area contributed by atoms with Crippen molar-refractivity contribution in [3.63, 3.8) is 0 Å². The van der Waals surface area contributed by atoms with Gasteiger partial charge in [0.25, 0.3) is 0 Å². The predicted octanol–water partition coefficient (Wildman–Crippen LogP) is 7.12. The molecule has 3 nitrogen and oxygen atoms in total. The highest BCUT2D eigenvalue weighted by molar-refractivity contribution is 6.35. The minimum Gasteiger partial charge on any atom is -0.497 e. The van der Waals surface area contributed by atoms with Crippen LogP contribution in [0.1, 0.15) is 16.7 Å². The predicted molar refractivity (Wildman–Crippen MR) is 141 cm³/mol. The van der Waals surface area contributed by atoms with Gasteiger partial charge in [0.15, 0.2) is 0 Å². The largest absolute Gasteiger partial charge is 0.497 e. The molecule has 4 rings (SSSR count). The first-order valence-corrected chi connectivity index (χ1v) is 11.0. The van der Waals surface area contributed by atoms with Crippen LogP contribution in [0.3, 0.4) is 0 Å². The number of hydrogen-bond acceptors (Lipinski definition) is 3. The molecule has 0 fully saturated rings. The van der Waals surface area contributed by atoms with Gasteiger partial charge < -0.3 is 9.64 Å². The fourth-order valence-corrected chi connectivity index (χ4v) is 3.60. The lowest BCUT2D eigenvalue weighted by Crippen LogP contribution is -2.08. The second kappa shape index (κ2) is 10.5. The molecule has 164 valence electrons. The van der Waals surface area contributed by atoms with Crippen molar-refractivity contribution in [1.82, 2.24) is 0 Å². The third-order valence-corrected chi connectivity index (χ3v) is 5.42. The molecule has 0 saturated carbocycles. The average molecular weight is 433 g/mol. The lowest BCUT2D eigenvalue weighted by molar-refractivity contribution is 0.415. The average Bonchev–Trinajstić information content (AvgIpc) is 2.88. The number of rotatable bonds is 7. The van der Waals surface area contributed by atoms with Gasteiger partial charge in [-0.2, -0.15) is 0 Å². The number of allylic oxidation sites excluding steroid dienone is 1. The lowest BCUT2D eigenvalue weighted by atomic mass is 9.93. The van der Waals surface area contributed by atoms with Crippen LogP contribution in [0.15, 0.2) is 114 Å². The monoisotopic (exact) mass is 432 g/mol. The van der Waals surface area contributed by atoms with Crippen molar-refractivity contribution in [3.8, 4) is 5.75 Å². The molecule has 33 heavy (non-hydrogen) atoms. The first-order valence-electron chi connectivity index (χ1n) is 11.0. The first-order chi connectivity index (χ1) is 16.1. The molecule has 0 bridgehead atoms. The summed E-state index contributed by atoms with van der Waals surface area (Å²) >= 11 is 0. The maximum atomic E-state index is 5.32. The molecule has 0 radical (unpaired) electrons.